The summed E-state index contributed by atoms with van der Waals surface area (Å²) in [5.74, 6) is 1.03. The van der Waals surface area contributed by atoms with E-state index in [4.69, 9.17) is 4.99 Å². The first-order valence-corrected chi connectivity index (χ1v) is 9.64. The molecule has 4 nitrogen and oxygen atoms in total. The van der Waals surface area contributed by atoms with Gasteiger partial charge in [-0.15, -0.1) is 11.3 Å². The number of nitrogens with zero attached hydrogens (tertiary/aromatic N) is 3. The quantitative estimate of drug-likeness (QED) is 0.403. The minimum absolute atomic E-state index is 0.624. The van der Waals surface area contributed by atoms with Crippen LogP contribution in [-0.4, -0.2) is 62.1 Å². The van der Waals surface area contributed by atoms with E-state index in [-0.39, 0.29) is 0 Å². The Hall–Kier alpha value is -1.07. The number of rotatable bonds is 10. The van der Waals surface area contributed by atoms with Crippen molar-refractivity contribution >= 4 is 17.3 Å². The Balaban J connectivity index is 2.33. The summed E-state index contributed by atoms with van der Waals surface area (Å²) in [7, 11) is 4.32. The summed E-state index contributed by atoms with van der Waals surface area (Å²) in [5, 5.41) is 5.54. The first kappa shape index (κ1) is 20.0. The maximum atomic E-state index is 4.77. The molecule has 23 heavy (non-hydrogen) atoms. The van der Waals surface area contributed by atoms with Gasteiger partial charge >= 0.3 is 0 Å². The second-order valence-electron chi connectivity index (χ2n) is 6.27. The molecule has 0 unspecified atom stereocenters. The van der Waals surface area contributed by atoms with Gasteiger partial charge in [-0.05, 0) is 65.1 Å². The molecule has 0 saturated carbocycles. The lowest BCUT2D eigenvalue weighted by atomic mass is 10.2. The monoisotopic (exact) mass is 338 g/mol. The highest BCUT2D eigenvalue weighted by Gasteiger charge is 2.06. The summed E-state index contributed by atoms with van der Waals surface area (Å²) in [5.41, 5.74) is 0. The first-order valence-electron chi connectivity index (χ1n) is 8.76. The van der Waals surface area contributed by atoms with Crippen molar-refractivity contribution in [3.63, 3.8) is 0 Å². The van der Waals surface area contributed by atoms with Crippen LogP contribution < -0.4 is 5.32 Å². The number of hydrogen-bond acceptors (Lipinski definition) is 3. The fraction of sp³-hybridized carbons (Fsp3) is 0.722. The van der Waals surface area contributed by atoms with Crippen molar-refractivity contribution in [1.82, 2.24) is 15.1 Å². The molecule has 1 aromatic heterocycles. The molecule has 0 bridgehead atoms. The number of unbranched alkanes of at least 4 members (excludes halogenated alkanes) is 1. The topological polar surface area (TPSA) is 30.9 Å². The maximum absolute atomic E-state index is 4.77. The average Bonchev–Trinajstić information content (AvgIpc) is 3.04. The summed E-state index contributed by atoms with van der Waals surface area (Å²) >= 11 is 1.83. The highest BCUT2D eigenvalue weighted by atomic mass is 32.1. The molecular weight excluding hydrogens is 304 g/mol. The lowest BCUT2D eigenvalue weighted by molar-refractivity contribution is 0.269. The molecule has 0 spiro atoms. The van der Waals surface area contributed by atoms with Gasteiger partial charge in [0.15, 0.2) is 5.96 Å². The predicted octanol–water partition coefficient (Wildman–Crippen LogP) is 3.31. The number of nitrogens with one attached hydrogen (secondary N) is 1. The normalized spacial score (nSPS) is 12.2. The first-order chi connectivity index (χ1) is 11.0. The highest BCUT2D eigenvalue weighted by molar-refractivity contribution is 7.09. The van der Waals surface area contributed by atoms with Gasteiger partial charge in [-0.3, -0.25) is 4.99 Å². The van der Waals surface area contributed by atoms with Crippen LogP contribution in [0.25, 0.3) is 0 Å². The molecule has 0 aromatic carbocycles. The molecule has 5 heteroatoms. The standard InChI is InChI=1S/C18H34N4S/c1-6-19-18(20-12-7-8-13-21(4)16(2)3)22(5)14-11-17-10-9-15-23-17/h9-10,15-16H,6-8,11-14H2,1-5H3,(H,19,20). The van der Waals surface area contributed by atoms with E-state index in [1.54, 1.807) is 0 Å². The van der Waals surface area contributed by atoms with Gasteiger partial charge in [-0.1, -0.05) is 6.07 Å². The number of hydrogen-bond donors (Lipinski definition) is 1. The van der Waals surface area contributed by atoms with Crippen LogP contribution in [0.2, 0.25) is 0 Å². The zero-order chi connectivity index (χ0) is 17.1. The molecule has 1 N–H and O–H groups in total. The van der Waals surface area contributed by atoms with E-state index in [2.05, 4.69) is 67.5 Å². The Morgan fingerprint density at radius 3 is 2.65 bits per heavy atom. The zero-order valence-corrected chi connectivity index (χ0v) is 16.3. The molecule has 1 rings (SSSR count). The van der Waals surface area contributed by atoms with Crippen molar-refractivity contribution in [3.8, 4) is 0 Å². The van der Waals surface area contributed by atoms with Gasteiger partial charge in [0.05, 0.1) is 0 Å². The molecular formula is C18H34N4S. The SMILES string of the molecule is CCNC(=NCCCCN(C)C(C)C)N(C)CCc1cccs1. The van der Waals surface area contributed by atoms with E-state index >= 15 is 0 Å². The number of thiophene rings is 1. The van der Waals surface area contributed by atoms with Crippen LogP contribution in [0.5, 0.6) is 0 Å². The van der Waals surface area contributed by atoms with Gasteiger partial charge in [0.1, 0.15) is 0 Å². The average molecular weight is 339 g/mol. The Bertz CT molecular complexity index is 428. The van der Waals surface area contributed by atoms with Crippen molar-refractivity contribution < 1.29 is 0 Å². The van der Waals surface area contributed by atoms with Crippen molar-refractivity contribution in [1.29, 1.82) is 0 Å². The van der Waals surface area contributed by atoms with Gasteiger partial charge in [-0.2, -0.15) is 0 Å². The lowest BCUT2D eigenvalue weighted by Gasteiger charge is -2.22. The van der Waals surface area contributed by atoms with Gasteiger partial charge in [0, 0.05) is 37.6 Å². The molecule has 0 radical (unpaired) electrons. The number of likely N-dealkylation sites (N-methyl/N-ethyl adjacent to an activating group) is 1. The van der Waals surface area contributed by atoms with Crippen LogP contribution in [0.3, 0.4) is 0 Å². The Kier molecular flexibility index (Phi) is 9.96. The third-order valence-electron chi connectivity index (χ3n) is 4.03. The number of aliphatic imine (C=N–C) groups is 1. The third-order valence-corrected chi connectivity index (χ3v) is 4.97. The van der Waals surface area contributed by atoms with E-state index < -0.39 is 0 Å². The largest absolute Gasteiger partial charge is 0.357 e. The molecule has 0 aliphatic carbocycles. The van der Waals surface area contributed by atoms with Crippen LogP contribution in [0.4, 0.5) is 0 Å². The van der Waals surface area contributed by atoms with Crippen LogP contribution in [-0.2, 0) is 6.42 Å². The van der Waals surface area contributed by atoms with Crippen molar-refractivity contribution in [3.05, 3.63) is 22.4 Å². The summed E-state index contributed by atoms with van der Waals surface area (Å²) in [6, 6.07) is 4.94. The summed E-state index contributed by atoms with van der Waals surface area (Å²) in [6.07, 6.45) is 3.43. The Labute approximate surface area is 146 Å². The van der Waals surface area contributed by atoms with E-state index in [0.717, 1.165) is 45.0 Å². The lowest BCUT2D eigenvalue weighted by Crippen LogP contribution is -2.40. The molecule has 0 saturated heterocycles. The van der Waals surface area contributed by atoms with Crippen molar-refractivity contribution in [2.24, 2.45) is 4.99 Å². The molecule has 0 amide bonds. The minimum atomic E-state index is 0.624. The molecule has 0 aliphatic rings. The van der Waals surface area contributed by atoms with Crippen molar-refractivity contribution in [2.75, 3.05) is 40.3 Å². The Morgan fingerprint density at radius 2 is 2.04 bits per heavy atom. The molecule has 0 aliphatic heterocycles. The van der Waals surface area contributed by atoms with Crippen LogP contribution >= 0.6 is 11.3 Å². The van der Waals surface area contributed by atoms with Crippen LogP contribution in [0.15, 0.2) is 22.5 Å². The molecule has 1 heterocycles. The zero-order valence-electron chi connectivity index (χ0n) is 15.5. The third kappa shape index (κ3) is 8.37. The van der Waals surface area contributed by atoms with Gasteiger partial charge in [0.25, 0.3) is 0 Å². The second-order valence-corrected chi connectivity index (χ2v) is 7.30. The summed E-state index contributed by atoms with van der Waals surface area (Å²) in [6.45, 7) is 10.6. The Morgan fingerprint density at radius 1 is 1.26 bits per heavy atom. The second kappa shape index (κ2) is 11.5. The van der Waals surface area contributed by atoms with Crippen LogP contribution in [0, 0.1) is 0 Å². The fourth-order valence-electron chi connectivity index (χ4n) is 2.22. The fourth-order valence-corrected chi connectivity index (χ4v) is 2.92. The van der Waals surface area contributed by atoms with Gasteiger partial charge in [0.2, 0.25) is 0 Å². The minimum Gasteiger partial charge on any atom is -0.357 e. The van der Waals surface area contributed by atoms with Crippen LogP contribution in [0.1, 0.15) is 38.5 Å². The smallest absolute Gasteiger partial charge is 0.193 e. The molecule has 132 valence electrons. The summed E-state index contributed by atoms with van der Waals surface area (Å²) in [4.78, 5) is 10.8. The van der Waals surface area contributed by atoms with E-state index in [0.29, 0.717) is 6.04 Å². The van der Waals surface area contributed by atoms with Gasteiger partial charge in [-0.25, -0.2) is 0 Å². The van der Waals surface area contributed by atoms with E-state index in [1.165, 1.54) is 11.3 Å². The number of guanidine groups is 1. The van der Waals surface area contributed by atoms with Crippen molar-refractivity contribution in [2.45, 2.75) is 46.1 Å². The predicted molar refractivity (Wildman–Crippen MR) is 104 cm³/mol. The highest BCUT2D eigenvalue weighted by Crippen LogP contribution is 2.09. The molecule has 0 fully saturated rings. The van der Waals surface area contributed by atoms with E-state index in [9.17, 15) is 0 Å². The van der Waals surface area contributed by atoms with E-state index in [1.807, 2.05) is 11.3 Å². The molecule has 0 atom stereocenters. The summed E-state index contributed by atoms with van der Waals surface area (Å²) < 4.78 is 0. The maximum Gasteiger partial charge on any atom is 0.193 e. The molecule has 1 aromatic rings. The van der Waals surface area contributed by atoms with Gasteiger partial charge < -0.3 is 15.1 Å².